The summed E-state index contributed by atoms with van der Waals surface area (Å²) in [6.07, 6.45) is 1.41. The van der Waals surface area contributed by atoms with Gasteiger partial charge in [-0.05, 0) is 23.8 Å². The third-order valence-corrected chi connectivity index (χ3v) is 4.67. The molecule has 0 amide bonds. The molecule has 21 heavy (non-hydrogen) atoms. The Morgan fingerprint density at radius 1 is 1.29 bits per heavy atom. The van der Waals surface area contributed by atoms with E-state index in [0.29, 0.717) is 22.4 Å². The molecule has 0 unspecified atom stereocenters. The molecule has 4 nitrogen and oxygen atoms in total. The Labute approximate surface area is 138 Å². The number of halogens is 3. The van der Waals surface area contributed by atoms with Gasteiger partial charge in [0, 0.05) is 32.8 Å². The second-order valence-electron chi connectivity index (χ2n) is 4.89. The van der Waals surface area contributed by atoms with E-state index in [4.69, 9.17) is 33.9 Å². The Balaban J connectivity index is 2.48. The van der Waals surface area contributed by atoms with Crippen molar-refractivity contribution >= 4 is 42.9 Å². The Morgan fingerprint density at radius 2 is 1.95 bits per heavy atom. The zero-order valence-corrected chi connectivity index (χ0v) is 14.4. The molecule has 0 aliphatic rings. The fraction of sp³-hybridized carbons (Fsp3) is 0.308. The van der Waals surface area contributed by atoms with Crippen LogP contribution < -0.4 is 0 Å². The zero-order chi connectivity index (χ0) is 15.8. The van der Waals surface area contributed by atoms with Crippen LogP contribution in [0.4, 0.5) is 0 Å². The van der Waals surface area contributed by atoms with E-state index in [9.17, 15) is 8.42 Å². The molecule has 0 saturated carbocycles. The molecule has 2 aromatic rings. The van der Waals surface area contributed by atoms with E-state index in [1.54, 1.807) is 22.8 Å². The van der Waals surface area contributed by atoms with Crippen LogP contribution in [0.25, 0.3) is 0 Å². The molecule has 0 saturated heterocycles. The summed E-state index contributed by atoms with van der Waals surface area (Å²) in [5, 5.41) is 0.954. The van der Waals surface area contributed by atoms with Crippen molar-refractivity contribution in [2.75, 3.05) is 0 Å². The van der Waals surface area contributed by atoms with E-state index < -0.39 is 9.05 Å². The van der Waals surface area contributed by atoms with Crippen molar-refractivity contribution in [2.24, 2.45) is 0 Å². The maximum atomic E-state index is 11.4. The highest BCUT2D eigenvalue weighted by Crippen LogP contribution is 2.25. The van der Waals surface area contributed by atoms with Crippen molar-refractivity contribution < 1.29 is 8.42 Å². The Bertz CT molecular complexity index is 770. The van der Waals surface area contributed by atoms with Crippen LogP contribution in [-0.2, 0) is 15.6 Å². The van der Waals surface area contributed by atoms with Gasteiger partial charge in [0.1, 0.15) is 5.82 Å². The molecule has 1 aromatic carbocycles. The molecule has 0 N–H and O–H groups in total. The van der Waals surface area contributed by atoms with Crippen LogP contribution in [-0.4, -0.2) is 18.0 Å². The van der Waals surface area contributed by atoms with Gasteiger partial charge in [0.05, 0.1) is 6.54 Å². The number of hydrogen-bond donors (Lipinski definition) is 0. The summed E-state index contributed by atoms with van der Waals surface area (Å²) in [7, 11) is 1.49. The zero-order valence-electron chi connectivity index (χ0n) is 11.3. The Kier molecular flexibility index (Phi) is 4.88. The number of aromatic nitrogens is 2. The maximum Gasteiger partial charge on any atom is 0.280 e. The lowest BCUT2D eigenvalue weighted by molar-refractivity contribution is 0.606. The van der Waals surface area contributed by atoms with Gasteiger partial charge in [0.25, 0.3) is 9.05 Å². The van der Waals surface area contributed by atoms with Gasteiger partial charge in [-0.25, -0.2) is 13.4 Å². The second-order valence-corrected chi connectivity index (χ2v) is 8.25. The fourth-order valence-corrected chi connectivity index (χ4v) is 3.01. The SMILES string of the molecule is CC(C)c1nc(S(=O)(=O)Cl)cn1Cc1cc(Cl)ccc1Cl. The summed E-state index contributed by atoms with van der Waals surface area (Å²) in [5.41, 5.74) is 0.780. The normalized spacial score (nSPS) is 12.1. The van der Waals surface area contributed by atoms with Crippen LogP contribution in [0.15, 0.2) is 29.4 Å². The molecule has 0 bridgehead atoms. The number of hydrogen-bond acceptors (Lipinski definition) is 3. The highest BCUT2D eigenvalue weighted by atomic mass is 35.7. The number of benzene rings is 1. The van der Waals surface area contributed by atoms with Crippen LogP contribution in [0.1, 0.15) is 31.2 Å². The van der Waals surface area contributed by atoms with E-state index >= 15 is 0 Å². The summed E-state index contributed by atoms with van der Waals surface area (Å²) in [6.45, 7) is 4.21. The second kappa shape index (κ2) is 6.16. The average molecular weight is 368 g/mol. The number of rotatable bonds is 4. The molecule has 114 valence electrons. The quantitative estimate of drug-likeness (QED) is 0.757. The van der Waals surface area contributed by atoms with Crippen molar-refractivity contribution in [3.05, 3.63) is 45.8 Å². The number of imidazole rings is 1. The average Bonchev–Trinajstić information content (AvgIpc) is 2.78. The van der Waals surface area contributed by atoms with Crippen LogP contribution in [0, 0.1) is 0 Å². The molecule has 0 aliphatic heterocycles. The molecule has 0 atom stereocenters. The molecule has 0 radical (unpaired) electrons. The van der Waals surface area contributed by atoms with Crippen molar-refractivity contribution in [1.82, 2.24) is 9.55 Å². The van der Waals surface area contributed by atoms with Crippen molar-refractivity contribution in [1.29, 1.82) is 0 Å². The van der Waals surface area contributed by atoms with Gasteiger partial charge in [-0.1, -0.05) is 37.0 Å². The lowest BCUT2D eigenvalue weighted by atomic mass is 10.2. The smallest absolute Gasteiger partial charge is 0.280 e. The first kappa shape index (κ1) is 16.6. The van der Waals surface area contributed by atoms with Crippen LogP contribution >= 0.6 is 33.9 Å². The van der Waals surface area contributed by atoms with Gasteiger partial charge in [-0.2, -0.15) is 0 Å². The summed E-state index contributed by atoms with van der Waals surface area (Å²) in [6, 6.07) is 5.13. The monoisotopic (exact) mass is 366 g/mol. The van der Waals surface area contributed by atoms with Crippen molar-refractivity contribution in [3.8, 4) is 0 Å². The predicted octanol–water partition coefficient (Wildman–Crippen LogP) is 4.29. The first-order valence-corrected chi connectivity index (χ1v) is 9.20. The van der Waals surface area contributed by atoms with Gasteiger partial charge in [-0.15, -0.1) is 0 Å². The highest BCUT2D eigenvalue weighted by Gasteiger charge is 2.20. The molecule has 0 spiro atoms. The predicted molar refractivity (Wildman–Crippen MR) is 84.9 cm³/mol. The fourth-order valence-electron chi connectivity index (χ4n) is 1.96. The molecule has 0 fully saturated rings. The van der Waals surface area contributed by atoms with Gasteiger partial charge in [-0.3, -0.25) is 0 Å². The molecule has 2 rings (SSSR count). The van der Waals surface area contributed by atoms with Gasteiger partial charge in [0.15, 0.2) is 5.03 Å². The number of nitrogens with zero attached hydrogens (tertiary/aromatic N) is 2. The van der Waals surface area contributed by atoms with E-state index in [1.165, 1.54) is 6.20 Å². The van der Waals surface area contributed by atoms with E-state index in [0.717, 1.165) is 5.56 Å². The van der Waals surface area contributed by atoms with Crippen LogP contribution in [0.5, 0.6) is 0 Å². The summed E-state index contributed by atoms with van der Waals surface area (Å²) < 4.78 is 24.6. The lowest BCUT2D eigenvalue weighted by Gasteiger charge is -2.11. The minimum atomic E-state index is -3.87. The molecular weight excluding hydrogens is 355 g/mol. The third-order valence-electron chi connectivity index (χ3n) is 2.90. The first-order valence-electron chi connectivity index (χ1n) is 6.14. The van der Waals surface area contributed by atoms with E-state index in [2.05, 4.69) is 4.98 Å². The molecule has 8 heteroatoms. The van der Waals surface area contributed by atoms with Crippen molar-refractivity contribution in [2.45, 2.75) is 31.3 Å². The Hall–Kier alpha value is -0.750. The summed E-state index contributed by atoms with van der Waals surface area (Å²) >= 11 is 12.1. The topological polar surface area (TPSA) is 52.0 Å². The Morgan fingerprint density at radius 3 is 2.52 bits per heavy atom. The molecular formula is C13H13Cl3N2O2S. The van der Waals surface area contributed by atoms with Crippen molar-refractivity contribution in [3.63, 3.8) is 0 Å². The maximum absolute atomic E-state index is 11.4. The van der Waals surface area contributed by atoms with Crippen LogP contribution in [0.2, 0.25) is 10.0 Å². The van der Waals surface area contributed by atoms with E-state index in [-0.39, 0.29) is 10.9 Å². The molecule has 1 heterocycles. The third kappa shape index (κ3) is 3.92. The minimum Gasteiger partial charge on any atom is -0.329 e. The summed E-state index contributed by atoms with van der Waals surface area (Å²) in [5.74, 6) is 0.653. The summed E-state index contributed by atoms with van der Waals surface area (Å²) in [4.78, 5) is 4.10. The van der Waals surface area contributed by atoms with Gasteiger partial charge >= 0.3 is 0 Å². The largest absolute Gasteiger partial charge is 0.329 e. The van der Waals surface area contributed by atoms with Gasteiger partial charge < -0.3 is 4.57 Å². The van der Waals surface area contributed by atoms with Crippen LogP contribution in [0.3, 0.4) is 0 Å². The van der Waals surface area contributed by atoms with E-state index in [1.807, 2.05) is 13.8 Å². The lowest BCUT2D eigenvalue weighted by Crippen LogP contribution is -2.06. The molecule has 1 aromatic heterocycles. The first-order chi connectivity index (χ1) is 9.68. The van der Waals surface area contributed by atoms with Gasteiger partial charge in [0.2, 0.25) is 0 Å². The minimum absolute atomic E-state index is 0.0372. The standard InChI is InChI=1S/C13H13Cl3N2O2S/c1-8(2)13-17-12(21(16,19)20)7-18(13)6-9-5-10(14)3-4-11(9)15/h3-5,7-8H,6H2,1-2H3. The molecule has 0 aliphatic carbocycles. The highest BCUT2D eigenvalue weighted by molar-refractivity contribution is 8.13.